The van der Waals surface area contributed by atoms with Gasteiger partial charge in [-0.1, -0.05) is 0 Å². The lowest BCUT2D eigenvalue weighted by atomic mass is 10.1. The fraction of sp³-hybridized carbons (Fsp3) is 0.562. The molecule has 22 heavy (non-hydrogen) atoms. The molecule has 0 spiro atoms. The minimum absolute atomic E-state index is 0.0284. The number of nitrogens with zero attached hydrogens (tertiary/aromatic N) is 1. The first-order valence-electron chi connectivity index (χ1n) is 7.82. The number of carbonyl (C=O) groups excluding carboxylic acids is 1. The monoisotopic (exact) mass is 321 g/mol. The molecule has 1 aromatic carbocycles. The molecule has 1 aromatic rings. The first-order valence-corrected chi connectivity index (χ1v) is 9.64. The number of benzene rings is 1. The van der Waals surface area contributed by atoms with Gasteiger partial charge in [0.25, 0.3) is 5.91 Å². The first kappa shape index (κ1) is 14.1. The van der Waals surface area contributed by atoms with Crippen LogP contribution in [0.15, 0.2) is 18.2 Å². The molecule has 2 fully saturated rings. The van der Waals surface area contributed by atoms with E-state index in [1.165, 1.54) is 0 Å². The van der Waals surface area contributed by atoms with Crippen LogP contribution in [0.25, 0.3) is 0 Å². The minimum Gasteiger partial charge on any atom is -0.493 e. The molecule has 1 saturated heterocycles. The summed E-state index contributed by atoms with van der Waals surface area (Å²) in [6.45, 7) is 0.667. The highest BCUT2D eigenvalue weighted by molar-refractivity contribution is 7.91. The van der Waals surface area contributed by atoms with E-state index in [0.29, 0.717) is 18.6 Å². The fourth-order valence-corrected chi connectivity index (χ4v) is 5.16. The van der Waals surface area contributed by atoms with Gasteiger partial charge >= 0.3 is 0 Å². The molecule has 0 bridgehead atoms. The number of fused-ring (bicyclic) bond motifs is 1. The van der Waals surface area contributed by atoms with E-state index in [-0.39, 0.29) is 29.5 Å². The molecule has 3 aliphatic rings. The largest absolute Gasteiger partial charge is 0.493 e. The summed E-state index contributed by atoms with van der Waals surface area (Å²) in [4.78, 5) is 14.7. The summed E-state index contributed by atoms with van der Waals surface area (Å²) in [5.74, 6) is 1.15. The number of hydrogen-bond acceptors (Lipinski definition) is 4. The van der Waals surface area contributed by atoms with Crippen LogP contribution in [0, 0.1) is 0 Å². The molecule has 5 nitrogen and oxygen atoms in total. The van der Waals surface area contributed by atoms with Gasteiger partial charge in [-0.2, -0.15) is 0 Å². The molecule has 1 saturated carbocycles. The van der Waals surface area contributed by atoms with Gasteiger partial charge in [-0.25, -0.2) is 8.42 Å². The van der Waals surface area contributed by atoms with Crippen LogP contribution in [-0.4, -0.2) is 49.4 Å². The summed E-state index contributed by atoms with van der Waals surface area (Å²) in [5.41, 5.74) is 1.72. The van der Waals surface area contributed by atoms with Gasteiger partial charge in [-0.15, -0.1) is 0 Å². The summed E-state index contributed by atoms with van der Waals surface area (Å²) in [6, 6.07) is 5.62. The molecule has 4 rings (SSSR count). The Bertz CT molecular complexity index is 724. The van der Waals surface area contributed by atoms with Gasteiger partial charge in [0, 0.05) is 24.1 Å². The smallest absolute Gasteiger partial charge is 0.254 e. The SMILES string of the molecule is O=C(c1ccc2c(c1)CCO2)N(C1CC1)[C@H]1CCS(=O)(=O)C1. The van der Waals surface area contributed by atoms with Crippen molar-refractivity contribution in [3.8, 4) is 5.75 Å². The van der Waals surface area contributed by atoms with E-state index in [4.69, 9.17) is 4.74 Å². The summed E-state index contributed by atoms with van der Waals surface area (Å²) < 4.78 is 29.0. The summed E-state index contributed by atoms with van der Waals surface area (Å²) >= 11 is 0. The van der Waals surface area contributed by atoms with Crippen LogP contribution >= 0.6 is 0 Å². The second-order valence-electron chi connectivity index (χ2n) is 6.42. The first-order chi connectivity index (χ1) is 10.5. The van der Waals surface area contributed by atoms with Crippen LogP contribution in [0.4, 0.5) is 0 Å². The quantitative estimate of drug-likeness (QED) is 0.844. The van der Waals surface area contributed by atoms with Crippen molar-refractivity contribution in [3.05, 3.63) is 29.3 Å². The Kier molecular flexibility index (Phi) is 3.18. The number of hydrogen-bond donors (Lipinski definition) is 0. The third-order valence-electron chi connectivity index (χ3n) is 4.71. The Labute approximate surface area is 130 Å². The lowest BCUT2D eigenvalue weighted by molar-refractivity contribution is 0.0680. The molecule has 1 atom stereocenters. The Morgan fingerprint density at radius 3 is 2.68 bits per heavy atom. The maximum absolute atomic E-state index is 12.9. The van der Waals surface area contributed by atoms with E-state index in [1.807, 2.05) is 17.0 Å². The number of sulfone groups is 1. The second kappa shape index (κ2) is 4.98. The van der Waals surface area contributed by atoms with Gasteiger partial charge in [0.1, 0.15) is 5.75 Å². The van der Waals surface area contributed by atoms with Crippen molar-refractivity contribution < 1.29 is 17.9 Å². The molecule has 1 amide bonds. The second-order valence-corrected chi connectivity index (χ2v) is 8.65. The molecule has 2 heterocycles. The van der Waals surface area contributed by atoms with E-state index < -0.39 is 9.84 Å². The maximum atomic E-state index is 12.9. The standard InChI is InChI=1S/C16H19NO4S/c18-16(12-1-4-15-11(9-12)5-7-21-15)17(13-2-3-13)14-6-8-22(19,20)10-14/h1,4,9,13-14H,2-3,5-8,10H2/t14-/m0/s1. The molecule has 2 aliphatic heterocycles. The molecule has 0 unspecified atom stereocenters. The summed E-state index contributed by atoms with van der Waals surface area (Å²) in [7, 11) is -2.99. The Hall–Kier alpha value is -1.56. The van der Waals surface area contributed by atoms with Crippen molar-refractivity contribution >= 4 is 15.7 Å². The van der Waals surface area contributed by atoms with Gasteiger partial charge in [-0.05, 0) is 43.0 Å². The molecule has 0 radical (unpaired) electrons. The highest BCUT2D eigenvalue weighted by Gasteiger charge is 2.42. The number of carbonyl (C=O) groups is 1. The van der Waals surface area contributed by atoms with Crippen LogP contribution in [0.5, 0.6) is 5.75 Å². The van der Waals surface area contributed by atoms with Crippen molar-refractivity contribution in [2.75, 3.05) is 18.1 Å². The van der Waals surface area contributed by atoms with E-state index in [1.54, 1.807) is 6.07 Å². The van der Waals surface area contributed by atoms with Crippen LogP contribution in [0.1, 0.15) is 35.2 Å². The average molecular weight is 321 g/mol. The van der Waals surface area contributed by atoms with Gasteiger partial charge < -0.3 is 9.64 Å². The van der Waals surface area contributed by atoms with Crippen molar-refractivity contribution in [1.29, 1.82) is 0 Å². The van der Waals surface area contributed by atoms with Crippen molar-refractivity contribution in [1.82, 2.24) is 4.90 Å². The van der Waals surface area contributed by atoms with Crippen molar-refractivity contribution in [3.63, 3.8) is 0 Å². The topological polar surface area (TPSA) is 63.7 Å². The Morgan fingerprint density at radius 2 is 2.00 bits per heavy atom. The average Bonchev–Trinajstić information content (AvgIpc) is 3.08. The third-order valence-corrected chi connectivity index (χ3v) is 6.46. The lowest BCUT2D eigenvalue weighted by Gasteiger charge is -2.28. The molecule has 118 valence electrons. The third kappa shape index (κ3) is 2.49. The Balaban J connectivity index is 1.61. The van der Waals surface area contributed by atoms with Gasteiger partial charge in [0.2, 0.25) is 0 Å². The van der Waals surface area contributed by atoms with Crippen LogP contribution < -0.4 is 4.74 Å². The molecular weight excluding hydrogens is 302 g/mol. The number of ether oxygens (including phenoxy) is 1. The zero-order chi connectivity index (χ0) is 15.3. The van der Waals surface area contributed by atoms with Gasteiger partial charge in [0.05, 0.1) is 18.1 Å². The Morgan fingerprint density at radius 1 is 1.18 bits per heavy atom. The van der Waals surface area contributed by atoms with E-state index >= 15 is 0 Å². The van der Waals surface area contributed by atoms with E-state index in [9.17, 15) is 13.2 Å². The number of amides is 1. The van der Waals surface area contributed by atoms with Crippen LogP contribution in [0.3, 0.4) is 0 Å². The minimum atomic E-state index is -2.99. The zero-order valence-electron chi connectivity index (χ0n) is 12.3. The van der Waals surface area contributed by atoms with Crippen LogP contribution in [0.2, 0.25) is 0 Å². The molecule has 0 N–H and O–H groups in total. The van der Waals surface area contributed by atoms with Gasteiger partial charge in [0.15, 0.2) is 9.84 Å². The number of rotatable bonds is 3. The van der Waals surface area contributed by atoms with E-state index in [2.05, 4.69) is 0 Å². The zero-order valence-corrected chi connectivity index (χ0v) is 13.1. The lowest BCUT2D eigenvalue weighted by Crippen LogP contribution is -2.42. The molecule has 6 heteroatoms. The van der Waals surface area contributed by atoms with Crippen molar-refractivity contribution in [2.24, 2.45) is 0 Å². The molecular formula is C16H19NO4S. The predicted molar refractivity (Wildman–Crippen MR) is 81.9 cm³/mol. The highest BCUT2D eigenvalue weighted by atomic mass is 32.2. The maximum Gasteiger partial charge on any atom is 0.254 e. The molecule has 0 aromatic heterocycles. The van der Waals surface area contributed by atoms with Crippen molar-refractivity contribution in [2.45, 2.75) is 37.8 Å². The summed E-state index contributed by atoms with van der Waals surface area (Å²) in [5, 5.41) is 0. The van der Waals surface area contributed by atoms with E-state index in [0.717, 1.165) is 30.6 Å². The van der Waals surface area contributed by atoms with Gasteiger partial charge in [-0.3, -0.25) is 4.79 Å². The summed E-state index contributed by atoms with van der Waals surface area (Å²) in [6.07, 6.45) is 3.36. The van der Waals surface area contributed by atoms with Crippen LogP contribution in [-0.2, 0) is 16.3 Å². The fourth-order valence-electron chi connectivity index (χ4n) is 3.45. The molecule has 1 aliphatic carbocycles. The normalized spacial score (nSPS) is 25.5. The predicted octanol–water partition coefficient (Wildman–Crippen LogP) is 1.41. The highest BCUT2D eigenvalue weighted by Crippen LogP contribution is 2.34.